The first-order valence-electron chi connectivity index (χ1n) is 4.50. The van der Waals surface area contributed by atoms with Gasteiger partial charge in [-0.25, -0.2) is 0 Å². The van der Waals surface area contributed by atoms with Gasteiger partial charge in [-0.1, -0.05) is 0 Å². The highest BCUT2D eigenvalue weighted by atomic mass is 16.5. The minimum Gasteiger partial charge on any atom is -0.468 e. The molecule has 0 bridgehead atoms. The minimum absolute atomic E-state index is 0.270. The molecule has 0 fully saturated rings. The van der Waals surface area contributed by atoms with Crippen molar-refractivity contribution in [3.8, 4) is 0 Å². The van der Waals surface area contributed by atoms with Crippen LogP contribution in [0.4, 0.5) is 0 Å². The molecular formula is C10H15NO3. The molecule has 0 amide bonds. The number of esters is 1. The van der Waals surface area contributed by atoms with Crippen LogP contribution in [0.1, 0.15) is 18.4 Å². The van der Waals surface area contributed by atoms with Crippen LogP contribution >= 0.6 is 0 Å². The van der Waals surface area contributed by atoms with Crippen molar-refractivity contribution in [1.82, 2.24) is 5.32 Å². The van der Waals surface area contributed by atoms with E-state index in [2.05, 4.69) is 10.1 Å². The van der Waals surface area contributed by atoms with Gasteiger partial charge in [0, 0.05) is 0 Å². The largest absolute Gasteiger partial charge is 0.468 e. The second-order valence-corrected chi connectivity index (χ2v) is 3.14. The molecule has 0 aliphatic heterocycles. The van der Waals surface area contributed by atoms with E-state index in [0.29, 0.717) is 6.54 Å². The SMILES string of the molecule is COC(=O)C(C)NCc1ccc(C)o1. The van der Waals surface area contributed by atoms with E-state index in [1.807, 2.05) is 19.1 Å². The lowest BCUT2D eigenvalue weighted by molar-refractivity contribution is -0.142. The molecule has 0 aliphatic rings. The standard InChI is InChI=1S/C10H15NO3/c1-7-4-5-9(14-7)6-11-8(2)10(12)13-3/h4-5,8,11H,6H2,1-3H3. The molecule has 1 unspecified atom stereocenters. The highest BCUT2D eigenvalue weighted by Gasteiger charge is 2.12. The van der Waals surface area contributed by atoms with Gasteiger partial charge in [0.15, 0.2) is 0 Å². The highest BCUT2D eigenvalue weighted by Crippen LogP contribution is 2.05. The first-order valence-corrected chi connectivity index (χ1v) is 4.50. The van der Waals surface area contributed by atoms with E-state index in [0.717, 1.165) is 11.5 Å². The first kappa shape index (κ1) is 10.8. The third-order valence-electron chi connectivity index (χ3n) is 1.93. The summed E-state index contributed by atoms with van der Waals surface area (Å²) in [4.78, 5) is 11.0. The number of furan rings is 1. The zero-order valence-corrected chi connectivity index (χ0v) is 8.66. The molecule has 1 aromatic heterocycles. The van der Waals surface area contributed by atoms with E-state index in [1.165, 1.54) is 7.11 Å². The molecule has 0 spiro atoms. The summed E-state index contributed by atoms with van der Waals surface area (Å²) in [5, 5.41) is 2.99. The predicted octanol–water partition coefficient (Wildman–Crippen LogP) is 1.24. The maximum Gasteiger partial charge on any atom is 0.322 e. The van der Waals surface area contributed by atoms with Crippen LogP contribution < -0.4 is 5.32 Å². The van der Waals surface area contributed by atoms with Crippen LogP contribution in [0, 0.1) is 6.92 Å². The quantitative estimate of drug-likeness (QED) is 0.738. The molecule has 4 nitrogen and oxygen atoms in total. The fourth-order valence-corrected chi connectivity index (χ4v) is 1.09. The molecule has 0 radical (unpaired) electrons. The lowest BCUT2D eigenvalue weighted by atomic mass is 10.3. The Morgan fingerprint density at radius 3 is 2.86 bits per heavy atom. The molecule has 0 aliphatic carbocycles. The van der Waals surface area contributed by atoms with Crippen molar-refractivity contribution in [2.75, 3.05) is 7.11 Å². The minimum atomic E-state index is -0.314. The fourth-order valence-electron chi connectivity index (χ4n) is 1.09. The molecule has 1 aromatic rings. The van der Waals surface area contributed by atoms with Gasteiger partial charge in [-0.3, -0.25) is 10.1 Å². The number of nitrogens with one attached hydrogen (secondary N) is 1. The van der Waals surface area contributed by atoms with Crippen molar-refractivity contribution in [2.24, 2.45) is 0 Å². The number of ether oxygens (including phenoxy) is 1. The fraction of sp³-hybridized carbons (Fsp3) is 0.500. The average molecular weight is 197 g/mol. The molecule has 1 rings (SSSR count). The van der Waals surface area contributed by atoms with Gasteiger partial charge in [-0.05, 0) is 26.0 Å². The number of aryl methyl sites for hydroxylation is 1. The van der Waals surface area contributed by atoms with E-state index in [4.69, 9.17) is 4.42 Å². The van der Waals surface area contributed by atoms with Crippen molar-refractivity contribution in [2.45, 2.75) is 26.4 Å². The Bertz CT molecular complexity index is 306. The molecule has 4 heteroatoms. The summed E-state index contributed by atoms with van der Waals surface area (Å²) in [5.74, 6) is 1.42. The van der Waals surface area contributed by atoms with Gasteiger partial charge in [-0.2, -0.15) is 0 Å². The summed E-state index contributed by atoms with van der Waals surface area (Å²) in [7, 11) is 1.37. The maximum atomic E-state index is 11.0. The van der Waals surface area contributed by atoms with Gasteiger partial charge in [0.05, 0.1) is 13.7 Å². The zero-order valence-electron chi connectivity index (χ0n) is 8.66. The number of hydrogen-bond acceptors (Lipinski definition) is 4. The molecule has 0 saturated heterocycles. The molecule has 1 heterocycles. The molecule has 14 heavy (non-hydrogen) atoms. The first-order chi connectivity index (χ1) is 6.63. The van der Waals surface area contributed by atoms with Crippen LogP contribution in [0.5, 0.6) is 0 Å². The van der Waals surface area contributed by atoms with Gasteiger partial charge in [-0.15, -0.1) is 0 Å². The van der Waals surface area contributed by atoms with Crippen LogP contribution in [0.25, 0.3) is 0 Å². The Kier molecular flexibility index (Phi) is 3.71. The number of methoxy groups -OCH3 is 1. The van der Waals surface area contributed by atoms with E-state index in [1.54, 1.807) is 6.92 Å². The maximum absolute atomic E-state index is 11.0. The average Bonchev–Trinajstić information content (AvgIpc) is 2.59. The van der Waals surface area contributed by atoms with Gasteiger partial charge >= 0.3 is 5.97 Å². The molecule has 0 aromatic carbocycles. The van der Waals surface area contributed by atoms with E-state index in [9.17, 15) is 4.79 Å². The van der Waals surface area contributed by atoms with Crippen LogP contribution in [0.15, 0.2) is 16.5 Å². The summed E-state index contributed by atoms with van der Waals surface area (Å²) in [6, 6.07) is 3.46. The van der Waals surface area contributed by atoms with Gasteiger partial charge in [0.25, 0.3) is 0 Å². The van der Waals surface area contributed by atoms with Gasteiger partial charge < -0.3 is 9.15 Å². The summed E-state index contributed by atoms with van der Waals surface area (Å²) < 4.78 is 9.91. The summed E-state index contributed by atoms with van der Waals surface area (Å²) in [6.07, 6.45) is 0. The Labute approximate surface area is 83.2 Å². The molecule has 1 atom stereocenters. The van der Waals surface area contributed by atoms with Gasteiger partial charge in [0.1, 0.15) is 17.6 Å². The summed E-state index contributed by atoms with van der Waals surface area (Å²) >= 11 is 0. The zero-order chi connectivity index (χ0) is 10.6. The topological polar surface area (TPSA) is 51.5 Å². The van der Waals surface area contributed by atoms with Crippen molar-refractivity contribution < 1.29 is 13.9 Å². The Morgan fingerprint density at radius 1 is 1.64 bits per heavy atom. The second kappa shape index (κ2) is 4.81. The summed E-state index contributed by atoms with van der Waals surface area (Å²) in [6.45, 7) is 4.17. The van der Waals surface area contributed by atoms with Gasteiger partial charge in [0.2, 0.25) is 0 Å². The molecular weight excluding hydrogens is 182 g/mol. The normalized spacial score (nSPS) is 12.5. The highest BCUT2D eigenvalue weighted by molar-refractivity contribution is 5.74. The smallest absolute Gasteiger partial charge is 0.322 e. The predicted molar refractivity (Wildman–Crippen MR) is 51.8 cm³/mol. The lowest BCUT2D eigenvalue weighted by Crippen LogP contribution is -2.34. The number of carbonyl (C=O) groups is 1. The van der Waals surface area contributed by atoms with Crippen LogP contribution in [0.2, 0.25) is 0 Å². The van der Waals surface area contributed by atoms with Crippen molar-refractivity contribution in [3.05, 3.63) is 23.7 Å². The van der Waals surface area contributed by atoms with Crippen LogP contribution in [-0.2, 0) is 16.1 Å². The third-order valence-corrected chi connectivity index (χ3v) is 1.93. The Hall–Kier alpha value is -1.29. The Balaban J connectivity index is 2.37. The Morgan fingerprint density at radius 2 is 2.36 bits per heavy atom. The van der Waals surface area contributed by atoms with Crippen LogP contribution in [0.3, 0.4) is 0 Å². The van der Waals surface area contributed by atoms with E-state index < -0.39 is 0 Å². The van der Waals surface area contributed by atoms with E-state index >= 15 is 0 Å². The number of hydrogen-bond donors (Lipinski definition) is 1. The molecule has 0 saturated carbocycles. The van der Waals surface area contributed by atoms with Crippen molar-refractivity contribution in [3.63, 3.8) is 0 Å². The molecule has 1 N–H and O–H groups in total. The van der Waals surface area contributed by atoms with Crippen molar-refractivity contribution in [1.29, 1.82) is 0 Å². The third kappa shape index (κ3) is 2.88. The van der Waals surface area contributed by atoms with Crippen molar-refractivity contribution >= 4 is 5.97 Å². The summed E-state index contributed by atoms with van der Waals surface area (Å²) in [5.41, 5.74) is 0. The monoisotopic (exact) mass is 197 g/mol. The number of rotatable bonds is 4. The molecule has 78 valence electrons. The van der Waals surface area contributed by atoms with E-state index in [-0.39, 0.29) is 12.0 Å². The van der Waals surface area contributed by atoms with Crippen LogP contribution in [-0.4, -0.2) is 19.1 Å². The second-order valence-electron chi connectivity index (χ2n) is 3.14. The number of carbonyl (C=O) groups excluding carboxylic acids is 1. The lowest BCUT2D eigenvalue weighted by Gasteiger charge is -2.09.